The van der Waals surface area contributed by atoms with Crippen molar-refractivity contribution >= 4 is 43.8 Å². The van der Waals surface area contributed by atoms with Crippen molar-refractivity contribution in [3.63, 3.8) is 0 Å². The summed E-state index contributed by atoms with van der Waals surface area (Å²) in [6.45, 7) is 3.13. The van der Waals surface area contributed by atoms with Gasteiger partial charge in [0.05, 0.1) is 9.79 Å². The van der Waals surface area contributed by atoms with Crippen LogP contribution < -0.4 is 0 Å². The average Bonchev–Trinajstić information content (AvgIpc) is 3.30. The molecule has 5 aromatic carbocycles. The number of rotatable bonds is 6. The molecule has 0 atom stereocenters. The van der Waals surface area contributed by atoms with Crippen LogP contribution in [0.1, 0.15) is 18.1 Å². The average molecular weight is 514 g/mol. The van der Waals surface area contributed by atoms with Crippen molar-refractivity contribution in [3.05, 3.63) is 132 Å². The molecule has 0 aliphatic carbocycles. The SMILES string of the molecule is CCn1c2ccccc2c2cc(/C=C/c3ccc(-c4ccc(S(=O)(=O)c5ccccc5)cc4)cc3)ccc21. The second-order valence-electron chi connectivity index (χ2n) is 9.33. The minimum Gasteiger partial charge on any atom is -0.341 e. The van der Waals surface area contributed by atoms with E-state index >= 15 is 0 Å². The van der Waals surface area contributed by atoms with E-state index < -0.39 is 9.84 Å². The molecule has 0 saturated heterocycles. The molecule has 0 fully saturated rings. The molecule has 0 spiro atoms. The lowest BCUT2D eigenvalue weighted by atomic mass is 10.0. The van der Waals surface area contributed by atoms with Gasteiger partial charge in [0.15, 0.2) is 0 Å². The second kappa shape index (κ2) is 9.81. The van der Waals surface area contributed by atoms with Crippen molar-refractivity contribution in [1.29, 1.82) is 0 Å². The van der Waals surface area contributed by atoms with Crippen molar-refractivity contribution in [1.82, 2.24) is 4.57 Å². The van der Waals surface area contributed by atoms with Crippen LogP contribution in [-0.2, 0) is 16.4 Å². The number of hydrogen-bond donors (Lipinski definition) is 0. The zero-order valence-electron chi connectivity index (χ0n) is 21.1. The Balaban J connectivity index is 1.22. The van der Waals surface area contributed by atoms with Gasteiger partial charge >= 0.3 is 0 Å². The number of benzene rings is 5. The van der Waals surface area contributed by atoms with Crippen LogP contribution in [0.2, 0.25) is 0 Å². The Bertz CT molecular complexity index is 1880. The van der Waals surface area contributed by atoms with Gasteiger partial charge in [-0.15, -0.1) is 0 Å². The first kappa shape index (κ1) is 24.0. The maximum absolute atomic E-state index is 12.9. The quantitative estimate of drug-likeness (QED) is 0.210. The molecule has 0 bridgehead atoms. The lowest BCUT2D eigenvalue weighted by Gasteiger charge is -2.07. The number of aromatic nitrogens is 1. The molecule has 0 radical (unpaired) electrons. The van der Waals surface area contributed by atoms with E-state index in [2.05, 4.69) is 90.4 Å². The van der Waals surface area contributed by atoms with Gasteiger partial charge in [0.1, 0.15) is 0 Å². The highest BCUT2D eigenvalue weighted by Gasteiger charge is 2.17. The third kappa shape index (κ3) is 4.33. The van der Waals surface area contributed by atoms with Crippen molar-refractivity contribution in [2.24, 2.45) is 0 Å². The van der Waals surface area contributed by atoms with Gasteiger partial charge in [-0.1, -0.05) is 91.0 Å². The summed E-state index contributed by atoms with van der Waals surface area (Å²) in [5.41, 5.74) is 6.82. The first-order valence-electron chi connectivity index (χ1n) is 12.7. The summed E-state index contributed by atoms with van der Waals surface area (Å²) in [5.74, 6) is 0. The van der Waals surface area contributed by atoms with E-state index in [1.807, 2.05) is 18.2 Å². The maximum Gasteiger partial charge on any atom is 0.206 e. The van der Waals surface area contributed by atoms with Gasteiger partial charge in [-0.3, -0.25) is 0 Å². The maximum atomic E-state index is 12.9. The molecule has 4 heteroatoms. The van der Waals surface area contributed by atoms with E-state index in [0.717, 1.165) is 28.8 Å². The topological polar surface area (TPSA) is 39.1 Å². The first-order valence-corrected chi connectivity index (χ1v) is 14.2. The lowest BCUT2D eigenvalue weighted by Crippen LogP contribution is -2.01. The van der Waals surface area contributed by atoms with E-state index in [-0.39, 0.29) is 0 Å². The molecular weight excluding hydrogens is 486 g/mol. The predicted molar refractivity (Wildman–Crippen MR) is 158 cm³/mol. The fourth-order valence-corrected chi connectivity index (χ4v) is 6.34. The third-order valence-electron chi connectivity index (χ3n) is 7.04. The molecule has 6 aromatic rings. The number of para-hydroxylation sites is 1. The summed E-state index contributed by atoms with van der Waals surface area (Å²) in [4.78, 5) is 0.602. The Labute approximate surface area is 223 Å². The first-order chi connectivity index (χ1) is 18.5. The Morgan fingerprint density at radius 1 is 0.579 bits per heavy atom. The molecule has 38 heavy (non-hydrogen) atoms. The Morgan fingerprint density at radius 3 is 1.84 bits per heavy atom. The standard InChI is InChI=1S/C34H27NO2S/c1-2-35-33-11-7-6-10-31(33)32-24-26(16-23-34(32)35)13-12-25-14-17-27(18-15-25)28-19-21-30(22-20-28)38(36,37)29-8-4-3-5-9-29/h3-24H,2H2,1H3/b13-12+. The van der Waals surface area contributed by atoms with Crippen molar-refractivity contribution < 1.29 is 8.42 Å². The molecule has 0 aliphatic heterocycles. The molecule has 1 aromatic heterocycles. The number of nitrogens with zero attached hydrogens (tertiary/aromatic N) is 1. The van der Waals surface area contributed by atoms with Gasteiger partial charge in [0.2, 0.25) is 9.84 Å². The molecule has 6 rings (SSSR count). The zero-order chi connectivity index (χ0) is 26.1. The van der Waals surface area contributed by atoms with Gasteiger partial charge in [0.25, 0.3) is 0 Å². The Morgan fingerprint density at radius 2 is 1.13 bits per heavy atom. The summed E-state index contributed by atoms with van der Waals surface area (Å²) < 4.78 is 28.1. The fourth-order valence-electron chi connectivity index (χ4n) is 5.06. The van der Waals surface area contributed by atoms with Crippen LogP contribution in [0.5, 0.6) is 0 Å². The minimum absolute atomic E-state index is 0.297. The Hall–Kier alpha value is -4.41. The summed E-state index contributed by atoms with van der Waals surface area (Å²) in [7, 11) is -3.52. The summed E-state index contributed by atoms with van der Waals surface area (Å²) in [5, 5.41) is 2.56. The zero-order valence-corrected chi connectivity index (χ0v) is 21.9. The molecule has 0 saturated carbocycles. The van der Waals surface area contributed by atoms with Crippen molar-refractivity contribution in [2.45, 2.75) is 23.3 Å². The summed E-state index contributed by atoms with van der Waals surface area (Å²) in [6.07, 6.45) is 4.27. The van der Waals surface area contributed by atoms with Gasteiger partial charge in [-0.25, -0.2) is 8.42 Å². The number of sulfone groups is 1. The smallest absolute Gasteiger partial charge is 0.206 e. The molecule has 1 heterocycles. The van der Waals surface area contributed by atoms with Crippen molar-refractivity contribution in [2.75, 3.05) is 0 Å². The highest BCUT2D eigenvalue weighted by atomic mass is 32.2. The van der Waals surface area contributed by atoms with Crippen LogP contribution in [0.3, 0.4) is 0 Å². The van der Waals surface area contributed by atoms with Crippen LogP contribution in [-0.4, -0.2) is 13.0 Å². The van der Waals surface area contributed by atoms with Gasteiger partial charge < -0.3 is 4.57 Å². The van der Waals surface area contributed by atoms with Crippen LogP contribution in [0.15, 0.2) is 131 Å². The van der Waals surface area contributed by atoms with E-state index in [1.54, 1.807) is 36.4 Å². The van der Waals surface area contributed by atoms with Gasteiger partial charge in [-0.2, -0.15) is 0 Å². The molecule has 0 N–H and O–H groups in total. The van der Waals surface area contributed by atoms with Crippen molar-refractivity contribution in [3.8, 4) is 11.1 Å². The van der Waals surface area contributed by atoms with Crippen LogP contribution in [0.25, 0.3) is 45.1 Å². The second-order valence-corrected chi connectivity index (χ2v) is 11.3. The number of fused-ring (bicyclic) bond motifs is 3. The lowest BCUT2D eigenvalue weighted by molar-refractivity contribution is 0.596. The number of aryl methyl sites for hydroxylation is 1. The molecule has 0 amide bonds. The highest BCUT2D eigenvalue weighted by molar-refractivity contribution is 7.91. The third-order valence-corrected chi connectivity index (χ3v) is 8.83. The summed E-state index contributed by atoms with van der Waals surface area (Å²) in [6, 6.07) is 39.1. The molecule has 0 unspecified atom stereocenters. The molecular formula is C34H27NO2S. The predicted octanol–water partition coefficient (Wildman–Crippen LogP) is 8.48. The van der Waals surface area contributed by atoms with Gasteiger partial charge in [-0.05, 0) is 71.6 Å². The van der Waals surface area contributed by atoms with Crippen LogP contribution in [0, 0.1) is 0 Å². The fraction of sp³-hybridized carbons (Fsp3) is 0.0588. The monoisotopic (exact) mass is 513 g/mol. The number of hydrogen-bond acceptors (Lipinski definition) is 2. The van der Waals surface area contributed by atoms with E-state index in [4.69, 9.17) is 0 Å². The minimum atomic E-state index is -3.52. The van der Waals surface area contributed by atoms with Crippen LogP contribution in [0.4, 0.5) is 0 Å². The molecule has 0 aliphatic rings. The van der Waals surface area contributed by atoms with E-state index in [0.29, 0.717) is 9.79 Å². The molecule has 186 valence electrons. The Kier molecular flexibility index (Phi) is 6.18. The highest BCUT2D eigenvalue weighted by Crippen LogP contribution is 2.30. The van der Waals surface area contributed by atoms with E-state index in [1.165, 1.54) is 21.8 Å². The van der Waals surface area contributed by atoms with Gasteiger partial charge in [0, 0.05) is 28.4 Å². The largest absolute Gasteiger partial charge is 0.341 e. The normalized spacial score (nSPS) is 12.0. The summed E-state index contributed by atoms with van der Waals surface area (Å²) >= 11 is 0. The van der Waals surface area contributed by atoms with E-state index in [9.17, 15) is 8.42 Å². The van der Waals surface area contributed by atoms with Crippen LogP contribution >= 0.6 is 0 Å². The molecule has 3 nitrogen and oxygen atoms in total.